The van der Waals surface area contributed by atoms with Gasteiger partial charge in [0, 0.05) is 59.7 Å². The van der Waals surface area contributed by atoms with Gasteiger partial charge in [-0.2, -0.15) is 5.10 Å². The first-order chi connectivity index (χ1) is 12.2. The lowest BCUT2D eigenvalue weighted by Gasteiger charge is -2.32. The summed E-state index contributed by atoms with van der Waals surface area (Å²) in [6.45, 7) is 1.28. The van der Waals surface area contributed by atoms with Crippen molar-refractivity contribution in [3.8, 4) is 0 Å². The first-order valence-corrected chi connectivity index (χ1v) is 8.78. The molecule has 2 N–H and O–H groups in total. The van der Waals surface area contributed by atoms with E-state index >= 15 is 0 Å². The molecular formula is C19H19FN4O. The second kappa shape index (κ2) is 5.44. The number of H-pyrrole nitrogens is 2. The highest BCUT2D eigenvalue weighted by Gasteiger charge is 2.32. The molecule has 2 aromatic heterocycles. The van der Waals surface area contributed by atoms with Gasteiger partial charge in [-0.15, -0.1) is 0 Å². The van der Waals surface area contributed by atoms with E-state index in [0.29, 0.717) is 13.1 Å². The maximum absolute atomic E-state index is 13.6. The second-order valence-electron chi connectivity index (χ2n) is 7.10. The Balaban J connectivity index is 1.41. The van der Waals surface area contributed by atoms with Crippen molar-refractivity contribution in [2.24, 2.45) is 5.92 Å². The number of aryl methyl sites for hydroxylation is 1. The summed E-state index contributed by atoms with van der Waals surface area (Å²) < 4.78 is 13.6. The van der Waals surface area contributed by atoms with Crippen molar-refractivity contribution in [1.82, 2.24) is 20.1 Å². The maximum Gasteiger partial charge on any atom is 0.226 e. The van der Waals surface area contributed by atoms with Gasteiger partial charge in [-0.05, 0) is 36.6 Å². The quantitative estimate of drug-likeness (QED) is 0.716. The fourth-order valence-electron chi connectivity index (χ4n) is 4.25. The summed E-state index contributed by atoms with van der Waals surface area (Å²) in [6.07, 6.45) is 5.17. The van der Waals surface area contributed by atoms with Crippen LogP contribution >= 0.6 is 0 Å². The third-order valence-electron chi connectivity index (χ3n) is 5.62. The lowest BCUT2D eigenvalue weighted by atomic mass is 9.86. The van der Waals surface area contributed by atoms with E-state index in [4.69, 9.17) is 0 Å². The monoisotopic (exact) mass is 338 g/mol. The Morgan fingerprint density at radius 3 is 3.12 bits per heavy atom. The summed E-state index contributed by atoms with van der Waals surface area (Å²) in [5.41, 5.74) is 5.46. The predicted octanol–water partition coefficient (Wildman–Crippen LogP) is 2.72. The van der Waals surface area contributed by atoms with Crippen molar-refractivity contribution in [3.63, 3.8) is 0 Å². The van der Waals surface area contributed by atoms with Gasteiger partial charge in [0.15, 0.2) is 0 Å². The van der Waals surface area contributed by atoms with E-state index in [2.05, 4.69) is 15.2 Å². The summed E-state index contributed by atoms with van der Waals surface area (Å²) in [4.78, 5) is 18.3. The topological polar surface area (TPSA) is 64.8 Å². The van der Waals surface area contributed by atoms with Crippen molar-refractivity contribution < 1.29 is 9.18 Å². The number of nitrogens with one attached hydrogen (secondary N) is 2. The number of rotatable bonds is 1. The Kier molecular flexibility index (Phi) is 3.20. The molecule has 25 heavy (non-hydrogen) atoms. The molecule has 1 aliphatic heterocycles. The number of benzene rings is 1. The van der Waals surface area contributed by atoms with E-state index in [1.807, 2.05) is 11.1 Å². The summed E-state index contributed by atoms with van der Waals surface area (Å²) in [6, 6.07) is 4.81. The molecule has 1 aromatic carbocycles. The molecule has 0 saturated heterocycles. The number of amides is 1. The highest BCUT2D eigenvalue weighted by Crippen LogP contribution is 2.31. The van der Waals surface area contributed by atoms with Gasteiger partial charge in [0.1, 0.15) is 5.82 Å². The standard InChI is InChI=1S/C19H19FN4O/c20-13-3-4-16-14(8-13)15-10-24(6-5-17(15)22-16)19(25)11-1-2-12-9-21-23-18(12)7-11/h3-4,8-9,11,22H,1-2,5-7,10H2,(H,21,23). The van der Waals surface area contributed by atoms with Crippen LogP contribution in [-0.4, -0.2) is 32.5 Å². The summed E-state index contributed by atoms with van der Waals surface area (Å²) in [7, 11) is 0. The Morgan fingerprint density at radius 1 is 1.28 bits per heavy atom. The van der Waals surface area contributed by atoms with E-state index < -0.39 is 0 Å². The van der Waals surface area contributed by atoms with Crippen LogP contribution in [0.4, 0.5) is 4.39 Å². The van der Waals surface area contributed by atoms with Crippen molar-refractivity contribution in [1.29, 1.82) is 0 Å². The van der Waals surface area contributed by atoms with Crippen molar-refractivity contribution in [2.75, 3.05) is 6.54 Å². The molecule has 1 unspecified atom stereocenters. The molecule has 0 radical (unpaired) electrons. The molecule has 1 atom stereocenters. The number of carbonyl (C=O) groups is 1. The molecule has 0 bridgehead atoms. The number of hydrogen-bond donors (Lipinski definition) is 2. The van der Waals surface area contributed by atoms with Crippen LogP contribution in [0.1, 0.15) is 28.9 Å². The zero-order valence-electron chi connectivity index (χ0n) is 13.8. The summed E-state index contributed by atoms with van der Waals surface area (Å²) in [5.74, 6) is -0.0232. The average molecular weight is 338 g/mol. The largest absolute Gasteiger partial charge is 0.358 e. The Bertz CT molecular complexity index is 973. The first-order valence-electron chi connectivity index (χ1n) is 8.78. The molecule has 3 heterocycles. The van der Waals surface area contributed by atoms with Crippen molar-refractivity contribution >= 4 is 16.8 Å². The Labute approximate surface area is 144 Å². The summed E-state index contributed by atoms with van der Waals surface area (Å²) in [5, 5.41) is 8.00. The van der Waals surface area contributed by atoms with Gasteiger partial charge in [0.05, 0.1) is 6.20 Å². The zero-order valence-corrected chi connectivity index (χ0v) is 13.8. The third kappa shape index (κ3) is 2.35. The van der Waals surface area contributed by atoms with Crippen LogP contribution in [0, 0.1) is 11.7 Å². The average Bonchev–Trinajstić information content (AvgIpc) is 3.24. The van der Waals surface area contributed by atoms with E-state index in [9.17, 15) is 9.18 Å². The molecule has 0 spiro atoms. The van der Waals surface area contributed by atoms with Crippen LogP contribution in [0.25, 0.3) is 10.9 Å². The molecule has 6 heteroatoms. The molecular weight excluding hydrogens is 319 g/mol. The molecule has 2 aliphatic rings. The molecule has 0 fully saturated rings. The molecule has 0 saturated carbocycles. The van der Waals surface area contributed by atoms with Crippen LogP contribution < -0.4 is 0 Å². The lowest BCUT2D eigenvalue weighted by Crippen LogP contribution is -2.41. The summed E-state index contributed by atoms with van der Waals surface area (Å²) >= 11 is 0. The minimum atomic E-state index is -0.239. The maximum atomic E-state index is 13.6. The molecule has 1 amide bonds. The van der Waals surface area contributed by atoms with Crippen molar-refractivity contribution in [2.45, 2.75) is 32.2 Å². The van der Waals surface area contributed by atoms with Gasteiger partial charge in [-0.3, -0.25) is 9.89 Å². The Morgan fingerprint density at radius 2 is 2.20 bits per heavy atom. The van der Waals surface area contributed by atoms with Crippen molar-refractivity contribution in [3.05, 3.63) is 52.7 Å². The number of halogens is 1. The van der Waals surface area contributed by atoms with Crippen LogP contribution in [0.5, 0.6) is 0 Å². The number of aromatic amines is 2. The van der Waals surface area contributed by atoms with E-state index in [0.717, 1.165) is 53.5 Å². The van der Waals surface area contributed by atoms with Crippen LogP contribution in [0.15, 0.2) is 24.4 Å². The highest BCUT2D eigenvalue weighted by molar-refractivity contribution is 5.86. The fourth-order valence-corrected chi connectivity index (χ4v) is 4.25. The molecule has 5 rings (SSSR count). The number of aromatic nitrogens is 3. The smallest absolute Gasteiger partial charge is 0.226 e. The molecule has 5 nitrogen and oxygen atoms in total. The second-order valence-corrected chi connectivity index (χ2v) is 7.10. The first kappa shape index (κ1) is 14.7. The predicted molar refractivity (Wildman–Crippen MR) is 91.5 cm³/mol. The van der Waals surface area contributed by atoms with Gasteiger partial charge >= 0.3 is 0 Å². The number of hydrogen-bond acceptors (Lipinski definition) is 2. The van der Waals surface area contributed by atoms with E-state index in [1.165, 1.54) is 11.6 Å². The minimum Gasteiger partial charge on any atom is -0.358 e. The number of carbonyl (C=O) groups excluding carboxylic acids is 1. The molecule has 1 aliphatic carbocycles. The van der Waals surface area contributed by atoms with Gasteiger partial charge in [0.2, 0.25) is 5.91 Å². The molecule has 128 valence electrons. The van der Waals surface area contributed by atoms with Crippen LogP contribution in [-0.2, 0) is 30.6 Å². The Hall–Kier alpha value is -2.63. The number of nitrogens with zero attached hydrogens (tertiary/aromatic N) is 2. The van der Waals surface area contributed by atoms with E-state index in [1.54, 1.807) is 12.1 Å². The lowest BCUT2D eigenvalue weighted by molar-refractivity contribution is -0.136. The van der Waals surface area contributed by atoms with Crippen LogP contribution in [0.2, 0.25) is 0 Å². The van der Waals surface area contributed by atoms with Gasteiger partial charge in [-0.1, -0.05) is 0 Å². The third-order valence-corrected chi connectivity index (χ3v) is 5.62. The fraction of sp³-hybridized carbons (Fsp3) is 0.368. The SMILES string of the molecule is O=C(C1CCc2cn[nH]c2C1)N1CCc2[nH]c3ccc(F)cc3c2C1. The van der Waals surface area contributed by atoms with Crippen LogP contribution in [0.3, 0.4) is 0 Å². The molecule has 3 aromatic rings. The number of fused-ring (bicyclic) bond motifs is 4. The van der Waals surface area contributed by atoms with Gasteiger partial charge < -0.3 is 9.88 Å². The minimum absolute atomic E-state index is 0.0106. The van der Waals surface area contributed by atoms with E-state index in [-0.39, 0.29) is 17.6 Å². The zero-order chi connectivity index (χ0) is 17.0. The van der Waals surface area contributed by atoms with Gasteiger partial charge in [0.25, 0.3) is 0 Å². The van der Waals surface area contributed by atoms with Gasteiger partial charge in [-0.25, -0.2) is 4.39 Å². The highest BCUT2D eigenvalue weighted by atomic mass is 19.1. The normalized spacial score (nSPS) is 19.7.